The van der Waals surface area contributed by atoms with Gasteiger partial charge in [0.25, 0.3) is 11.7 Å². The van der Waals surface area contributed by atoms with Crippen LogP contribution in [0.15, 0.2) is 54.6 Å². The van der Waals surface area contributed by atoms with Crippen molar-refractivity contribution < 1.29 is 31.9 Å². The third kappa shape index (κ3) is 4.16. The maximum absolute atomic E-state index is 14.7. The molecule has 1 amide bonds. The highest BCUT2D eigenvalue weighted by Gasteiger charge is 2.75. The molecule has 0 N–H and O–H groups in total. The summed E-state index contributed by atoms with van der Waals surface area (Å²) < 4.78 is 60.8. The Kier molecular flexibility index (Phi) is 6.22. The Morgan fingerprint density at radius 3 is 2.06 bits per heavy atom. The summed E-state index contributed by atoms with van der Waals surface area (Å²) in [4.78, 5) is 14.7. The van der Waals surface area contributed by atoms with E-state index in [1.807, 2.05) is 0 Å². The number of hydrogen-bond acceptors (Lipinski definition) is 4. The predicted molar refractivity (Wildman–Crippen MR) is 117 cm³/mol. The standard InChI is InChI=1S/C23H28F3NO4Si/c1-21(2)22(23(24,25)26,31-32(4,5)6)30-20(17-12-14-18(29-3)15-13-17)27(21)19(28)16-10-8-7-9-11-16/h7-15,20H,1-6H3. The third-order valence-electron chi connectivity index (χ3n) is 5.38. The summed E-state index contributed by atoms with van der Waals surface area (Å²) in [5.41, 5.74) is -1.23. The number of alkyl halides is 3. The van der Waals surface area contributed by atoms with Gasteiger partial charge in [-0.05, 0) is 57.8 Å². The molecule has 2 aromatic rings. The van der Waals surface area contributed by atoms with Crippen molar-refractivity contribution in [3.05, 3.63) is 65.7 Å². The van der Waals surface area contributed by atoms with Crippen molar-refractivity contribution in [2.24, 2.45) is 0 Å². The molecule has 0 radical (unpaired) electrons. The minimum Gasteiger partial charge on any atom is -0.497 e. The van der Waals surface area contributed by atoms with Gasteiger partial charge in [-0.15, -0.1) is 0 Å². The van der Waals surface area contributed by atoms with Crippen LogP contribution in [0.25, 0.3) is 0 Å². The number of ether oxygens (including phenoxy) is 2. The summed E-state index contributed by atoms with van der Waals surface area (Å²) in [5, 5.41) is 0. The van der Waals surface area contributed by atoms with Crippen LogP contribution >= 0.6 is 0 Å². The van der Waals surface area contributed by atoms with E-state index in [9.17, 15) is 18.0 Å². The van der Waals surface area contributed by atoms with E-state index in [2.05, 4.69) is 0 Å². The second kappa shape index (κ2) is 8.20. The van der Waals surface area contributed by atoms with Gasteiger partial charge >= 0.3 is 6.18 Å². The topological polar surface area (TPSA) is 48.0 Å². The molecular weight excluding hydrogens is 439 g/mol. The fourth-order valence-electron chi connectivity index (χ4n) is 3.92. The fourth-order valence-corrected chi connectivity index (χ4v) is 5.20. The van der Waals surface area contributed by atoms with Gasteiger partial charge in [-0.3, -0.25) is 9.69 Å². The van der Waals surface area contributed by atoms with Crippen LogP contribution < -0.4 is 4.74 Å². The lowest BCUT2D eigenvalue weighted by molar-refractivity contribution is -0.363. The SMILES string of the molecule is COc1ccc(C2OC(O[Si](C)(C)C)(C(F)(F)F)C(C)(C)N2C(=O)c2ccccc2)cc1. The molecule has 0 aliphatic carbocycles. The Hall–Kier alpha value is -2.36. The van der Waals surface area contributed by atoms with Gasteiger partial charge in [0.15, 0.2) is 14.5 Å². The number of nitrogens with zero attached hydrogens (tertiary/aromatic N) is 1. The summed E-state index contributed by atoms with van der Waals surface area (Å²) in [7, 11) is -1.29. The van der Waals surface area contributed by atoms with Crippen molar-refractivity contribution in [1.29, 1.82) is 0 Å². The molecule has 1 heterocycles. The molecule has 1 fully saturated rings. The number of methoxy groups -OCH3 is 1. The molecular formula is C23H28F3NO4Si. The number of amides is 1. The lowest BCUT2D eigenvalue weighted by Crippen LogP contribution is -2.66. The lowest BCUT2D eigenvalue weighted by Gasteiger charge is -2.45. The first-order valence-electron chi connectivity index (χ1n) is 10.2. The van der Waals surface area contributed by atoms with E-state index in [-0.39, 0.29) is 5.56 Å². The van der Waals surface area contributed by atoms with E-state index in [1.165, 1.54) is 21.0 Å². The van der Waals surface area contributed by atoms with Gasteiger partial charge in [0.1, 0.15) is 11.3 Å². The van der Waals surface area contributed by atoms with Gasteiger partial charge < -0.3 is 13.9 Å². The first-order chi connectivity index (χ1) is 14.7. The minimum atomic E-state index is -4.90. The number of halogens is 3. The van der Waals surface area contributed by atoms with E-state index in [0.717, 1.165) is 4.90 Å². The quantitative estimate of drug-likeness (QED) is 0.525. The van der Waals surface area contributed by atoms with Gasteiger partial charge in [0, 0.05) is 11.1 Å². The maximum Gasteiger partial charge on any atom is 0.444 e. The molecule has 174 valence electrons. The van der Waals surface area contributed by atoms with Gasteiger partial charge in [0.2, 0.25) is 0 Å². The highest BCUT2D eigenvalue weighted by Crippen LogP contribution is 2.56. The number of carbonyl (C=O) groups is 1. The monoisotopic (exact) mass is 467 g/mol. The zero-order valence-electron chi connectivity index (χ0n) is 19.0. The van der Waals surface area contributed by atoms with Crippen molar-refractivity contribution in [2.75, 3.05) is 7.11 Å². The molecule has 1 aliphatic heterocycles. The molecule has 0 spiro atoms. The Bertz CT molecular complexity index is 958. The van der Waals surface area contributed by atoms with Crippen molar-refractivity contribution in [3.8, 4) is 5.75 Å². The van der Waals surface area contributed by atoms with E-state index in [4.69, 9.17) is 13.9 Å². The summed E-state index contributed by atoms with van der Waals surface area (Å²) in [6.07, 6.45) is -6.21. The summed E-state index contributed by atoms with van der Waals surface area (Å²) in [6.45, 7) is 7.65. The van der Waals surface area contributed by atoms with Crippen LogP contribution in [0.1, 0.15) is 36.0 Å². The number of rotatable bonds is 5. The molecule has 0 saturated carbocycles. The second-order valence-corrected chi connectivity index (χ2v) is 13.6. The zero-order chi connectivity index (χ0) is 23.9. The molecule has 0 bridgehead atoms. The van der Waals surface area contributed by atoms with E-state index in [0.29, 0.717) is 11.3 Å². The van der Waals surface area contributed by atoms with E-state index >= 15 is 0 Å². The van der Waals surface area contributed by atoms with Crippen LogP contribution in [-0.4, -0.2) is 43.7 Å². The molecule has 2 aromatic carbocycles. The van der Waals surface area contributed by atoms with Gasteiger partial charge in [-0.1, -0.05) is 30.3 Å². The molecule has 2 atom stereocenters. The number of benzene rings is 2. The Labute approximate surface area is 187 Å². The summed E-state index contributed by atoms with van der Waals surface area (Å²) in [6, 6.07) is 14.6. The fraction of sp³-hybridized carbons (Fsp3) is 0.435. The van der Waals surface area contributed by atoms with Crippen LogP contribution in [0.3, 0.4) is 0 Å². The molecule has 9 heteroatoms. The number of hydrogen-bond donors (Lipinski definition) is 0. The van der Waals surface area contributed by atoms with Gasteiger partial charge in [0.05, 0.1) is 7.11 Å². The van der Waals surface area contributed by atoms with E-state index in [1.54, 1.807) is 74.2 Å². The largest absolute Gasteiger partial charge is 0.497 e. The molecule has 5 nitrogen and oxygen atoms in total. The summed E-state index contributed by atoms with van der Waals surface area (Å²) in [5.74, 6) is -3.05. The highest BCUT2D eigenvalue weighted by molar-refractivity contribution is 6.69. The second-order valence-electron chi connectivity index (χ2n) is 9.17. The Morgan fingerprint density at radius 1 is 1.03 bits per heavy atom. The smallest absolute Gasteiger partial charge is 0.444 e. The first-order valence-corrected chi connectivity index (χ1v) is 13.6. The van der Waals surface area contributed by atoms with Crippen molar-refractivity contribution in [2.45, 2.75) is 57.2 Å². The third-order valence-corrected chi connectivity index (χ3v) is 6.28. The van der Waals surface area contributed by atoms with Gasteiger partial charge in [-0.25, -0.2) is 0 Å². The highest BCUT2D eigenvalue weighted by atomic mass is 28.4. The lowest BCUT2D eigenvalue weighted by atomic mass is 9.90. The molecule has 1 aliphatic rings. The average Bonchev–Trinajstić information content (AvgIpc) is 2.94. The van der Waals surface area contributed by atoms with Crippen LogP contribution in [0.2, 0.25) is 19.6 Å². The average molecular weight is 468 g/mol. The van der Waals surface area contributed by atoms with Crippen LogP contribution in [-0.2, 0) is 9.16 Å². The molecule has 0 aromatic heterocycles. The van der Waals surface area contributed by atoms with Crippen molar-refractivity contribution in [1.82, 2.24) is 4.90 Å². The molecule has 3 rings (SSSR count). The predicted octanol–water partition coefficient (Wildman–Crippen LogP) is 5.76. The minimum absolute atomic E-state index is 0.258. The Morgan fingerprint density at radius 2 is 1.59 bits per heavy atom. The normalized spacial score (nSPS) is 23.3. The Balaban J connectivity index is 2.21. The van der Waals surface area contributed by atoms with Crippen LogP contribution in [0, 0.1) is 0 Å². The van der Waals surface area contributed by atoms with Crippen LogP contribution in [0.5, 0.6) is 5.75 Å². The van der Waals surface area contributed by atoms with Crippen molar-refractivity contribution in [3.63, 3.8) is 0 Å². The number of carbonyl (C=O) groups excluding carboxylic acids is 1. The maximum atomic E-state index is 14.7. The molecule has 32 heavy (non-hydrogen) atoms. The van der Waals surface area contributed by atoms with Crippen LogP contribution in [0.4, 0.5) is 13.2 Å². The summed E-state index contributed by atoms with van der Waals surface area (Å²) >= 11 is 0. The van der Waals surface area contributed by atoms with E-state index < -0.39 is 38.0 Å². The van der Waals surface area contributed by atoms with Crippen molar-refractivity contribution >= 4 is 14.2 Å². The zero-order valence-corrected chi connectivity index (χ0v) is 20.0. The molecule has 1 saturated heterocycles. The molecule has 2 unspecified atom stereocenters. The van der Waals surface area contributed by atoms with Gasteiger partial charge in [-0.2, -0.15) is 13.2 Å². The first kappa shape index (κ1) is 24.3.